The van der Waals surface area contributed by atoms with Crippen LogP contribution in [0.3, 0.4) is 0 Å². The third kappa shape index (κ3) is 3.61. The number of nitrogens with zero attached hydrogens (tertiary/aromatic N) is 1. The van der Waals surface area contributed by atoms with Crippen LogP contribution in [0.2, 0.25) is 0 Å². The van der Waals surface area contributed by atoms with Crippen molar-refractivity contribution in [2.75, 3.05) is 39.3 Å². The fourth-order valence-corrected chi connectivity index (χ4v) is 4.08. The van der Waals surface area contributed by atoms with Crippen LogP contribution >= 0.6 is 24.2 Å². The first-order valence-electron chi connectivity index (χ1n) is 6.66. The van der Waals surface area contributed by atoms with Crippen molar-refractivity contribution >= 4 is 24.2 Å². The van der Waals surface area contributed by atoms with Crippen LogP contribution in [0.15, 0.2) is 24.3 Å². The van der Waals surface area contributed by atoms with Crippen molar-refractivity contribution < 1.29 is 9.84 Å². The van der Waals surface area contributed by atoms with Crippen molar-refractivity contribution in [2.45, 2.75) is 12.0 Å². The fraction of sp³-hybridized carbons (Fsp3) is 0.600. The lowest BCUT2D eigenvalue weighted by atomic mass is 9.79. The van der Waals surface area contributed by atoms with Gasteiger partial charge in [0.15, 0.2) is 0 Å². The molecule has 5 heteroatoms. The third-order valence-electron chi connectivity index (χ3n) is 3.78. The highest BCUT2D eigenvalue weighted by Crippen LogP contribution is 2.43. The quantitative estimate of drug-likeness (QED) is 0.925. The Hall–Kier alpha value is -0.420. The molecule has 2 rings (SSSR count). The van der Waals surface area contributed by atoms with Crippen molar-refractivity contribution in [2.24, 2.45) is 5.92 Å². The average molecular weight is 318 g/mol. The van der Waals surface area contributed by atoms with Crippen molar-refractivity contribution in [3.63, 3.8) is 0 Å². The lowest BCUT2D eigenvalue weighted by Gasteiger charge is -2.41. The van der Waals surface area contributed by atoms with Gasteiger partial charge in [0, 0.05) is 23.8 Å². The molecule has 2 atom stereocenters. The van der Waals surface area contributed by atoms with Crippen molar-refractivity contribution in [3.8, 4) is 5.75 Å². The summed E-state index contributed by atoms with van der Waals surface area (Å²) in [7, 11) is 5.78. The Morgan fingerprint density at radius 1 is 1.40 bits per heavy atom. The van der Waals surface area contributed by atoms with Gasteiger partial charge in [-0.1, -0.05) is 18.2 Å². The van der Waals surface area contributed by atoms with Gasteiger partial charge in [-0.05, 0) is 32.3 Å². The highest BCUT2D eigenvalue weighted by molar-refractivity contribution is 7.99. The highest BCUT2D eigenvalue weighted by atomic mass is 35.5. The number of benzene rings is 1. The van der Waals surface area contributed by atoms with Gasteiger partial charge in [-0.2, -0.15) is 11.8 Å². The van der Waals surface area contributed by atoms with Crippen LogP contribution in [0.5, 0.6) is 5.75 Å². The number of aliphatic hydroxyl groups is 1. The predicted octanol–water partition coefficient (Wildman–Crippen LogP) is 2.62. The molecule has 0 amide bonds. The molecule has 0 aliphatic carbocycles. The summed E-state index contributed by atoms with van der Waals surface area (Å²) >= 11 is 1.93. The Balaban J connectivity index is 0.00000200. The molecule has 1 saturated heterocycles. The zero-order chi connectivity index (χ0) is 13.9. The summed E-state index contributed by atoms with van der Waals surface area (Å²) in [5.74, 6) is 3.02. The zero-order valence-corrected chi connectivity index (χ0v) is 14.0. The van der Waals surface area contributed by atoms with Gasteiger partial charge in [0.2, 0.25) is 0 Å². The van der Waals surface area contributed by atoms with E-state index in [9.17, 15) is 5.11 Å². The first-order chi connectivity index (χ1) is 9.08. The Labute approximate surface area is 132 Å². The molecule has 0 aromatic heterocycles. The minimum atomic E-state index is -0.776. The normalized spacial score (nSPS) is 26.1. The van der Waals surface area contributed by atoms with Gasteiger partial charge in [-0.25, -0.2) is 0 Å². The van der Waals surface area contributed by atoms with Gasteiger partial charge >= 0.3 is 0 Å². The SMILES string of the molecule is COc1ccccc1[C@]1(O)CCSC[C@@H]1CN(C)C.Cl. The number of halogens is 1. The van der Waals surface area contributed by atoms with Gasteiger partial charge in [0.1, 0.15) is 5.75 Å². The van der Waals surface area contributed by atoms with Gasteiger partial charge in [-0.3, -0.25) is 0 Å². The second-order valence-electron chi connectivity index (χ2n) is 5.41. The monoisotopic (exact) mass is 317 g/mol. The average Bonchev–Trinajstić information content (AvgIpc) is 2.41. The van der Waals surface area contributed by atoms with Gasteiger partial charge in [0.25, 0.3) is 0 Å². The highest BCUT2D eigenvalue weighted by Gasteiger charge is 2.42. The second kappa shape index (κ2) is 7.55. The minimum Gasteiger partial charge on any atom is -0.496 e. The summed E-state index contributed by atoms with van der Waals surface area (Å²) in [6.45, 7) is 0.890. The van der Waals surface area contributed by atoms with Crippen LogP contribution in [0.25, 0.3) is 0 Å². The first kappa shape index (κ1) is 17.6. The van der Waals surface area contributed by atoms with Crippen LogP contribution < -0.4 is 4.74 Å². The molecule has 0 bridgehead atoms. The van der Waals surface area contributed by atoms with E-state index in [0.29, 0.717) is 0 Å². The number of thioether (sulfide) groups is 1. The Morgan fingerprint density at radius 3 is 2.75 bits per heavy atom. The van der Waals surface area contributed by atoms with Crippen LogP contribution in [-0.2, 0) is 5.60 Å². The summed E-state index contributed by atoms with van der Waals surface area (Å²) in [6.07, 6.45) is 0.788. The molecule has 1 aromatic rings. The molecular formula is C15H24ClNO2S. The summed E-state index contributed by atoms with van der Waals surface area (Å²) < 4.78 is 5.44. The zero-order valence-electron chi connectivity index (χ0n) is 12.3. The van der Waals surface area contributed by atoms with Crippen LogP contribution in [-0.4, -0.2) is 49.3 Å². The topological polar surface area (TPSA) is 32.7 Å². The van der Waals surface area contributed by atoms with E-state index in [0.717, 1.165) is 35.8 Å². The summed E-state index contributed by atoms with van der Waals surface area (Å²) in [5.41, 5.74) is 0.159. The molecule has 114 valence electrons. The molecule has 1 aliphatic rings. The van der Waals surface area contributed by atoms with Crippen LogP contribution in [0.4, 0.5) is 0 Å². The van der Waals surface area contributed by atoms with E-state index in [1.807, 2.05) is 36.0 Å². The van der Waals surface area contributed by atoms with Crippen LogP contribution in [0, 0.1) is 5.92 Å². The van der Waals surface area contributed by atoms with Crippen molar-refractivity contribution in [1.82, 2.24) is 4.90 Å². The van der Waals surface area contributed by atoms with Gasteiger partial charge in [0.05, 0.1) is 12.7 Å². The molecule has 1 aliphatic heterocycles. The summed E-state index contributed by atoms with van der Waals surface area (Å²) in [5, 5.41) is 11.2. The van der Waals surface area contributed by atoms with E-state index >= 15 is 0 Å². The lowest BCUT2D eigenvalue weighted by molar-refractivity contribution is -0.0310. The molecule has 0 spiro atoms. The Bertz CT molecular complexity index is 430. The number of hydrogen-bond donors (Lipinski definition) is 1. The smallest absolute Gasteiger partial charge is 0.124 e. The number of para-hydroxylation sites is 1. The number of ether oxygens (including phenoxy) is 1. The Kier molecular flexibility index (Phi) is 6.65. The number of methoxy groups -OCH3 is 1. The molecule has 1 heterocycles. The molecular weight excluding hydrogens is 294 g/mol. The third-order valence-corrected chi connectivity index (χ3v) is 4.91. The molecule has 0 unspecified atom stereocenters. The Morgan fingerprint density at radius 2 is 2.10 bits per heavy atom. The van der Waals surface area contributed by atoms with E-state index < -0.39 is 5.60 Å². The standard InChI is InChI=1S/C15H23NO2S.ClH/c1-16(2)10-12-11-19-9-8-15(12,17)13-6-4-5-7-14(13)18-3;/h4-7,12,17H,8-11H2,1-3H3;1H/t12-,15-;/m0./s1. The molecule has 1 aromatic carbocycles. The molecule has 1 fully saturated rings. The predicted molar refractivity (Wildman–Crippen MR) is 88.1 cm³/mol. The van der Waals surface area contributed by atoms with Crippen molar-refractivity contribution in [3.05, 3.63) is 29.8 Å². The van der Waals surface area contributed by atoms with Crippen LogP contribution in [0.1, 0.15) is 12.0 Å². The van der Waals surface area contributed by atoms with E-state index in [2.05, 4.69) is 19.0 Å². The van der Waals surface area contributed by atoms with Crippen molar-refractivity contribution in [1.29, 1.82) is 0 Å². The van der Waals surface area contributed by atoms with E-state index in [1.54, 1.807) is 7.11 Å². The molecule has 3 nitrogen and oxygen atoms in total. The number of hydrogen-bond acceptors (Lipinski definition) is 4. The summed E-state index contributed by atoms with van der Waals surface area (Å²) in [4.78, 5) is 2.15. The van der Waals surface area contributed by atoms with E-state index in [1.165, 1.54) is 0 Å². The fourth-order valence-electron chi connectivity index (χ4n) is 2.80. The second-order valence-corrected chi connectivity index (χ2v) is 6.56. The maximum absolute atomic E-state index is 11.2. The van der Waals surface area contributed by atoms with E-state index in [-0.39, 0.29) is 18.3 Å². The van der Waals surface area contributed by atoms with Gasteiger partial charge < -0.3 is 14.7 Å². The summed E-state index contributed by atoms with van der Waals surface area (Å²) in [6, 6.07) is 7.85. The lowest BCUT2D eigenvalue weighted by Crippen LogP contribution is -2.45. The molecule has 0 saturated carbocycles. The maximum atomic E-state index is 11.2. The molecule has 1 N–H and O–H groups in total. The molecule has 20 heavy (non-hydrogen) atoms. The number of rotatable bonds is 4. The first-order valence-corrected chi connectivity index (χ1v) is 7.81. The molecule has 0 radical (unpaired) electrons. The maximum Gasteiger partial charge on any atom is 0.124 e. The van der Waals surface area contributed by atoms with Gasteiger partial charge in [-0.15, -0.1) is 12.4 Å². The minimum absolute atomic E-state index is 0. The largest absolute Gasteiger partial charge is 0.496 e. The van der Waals surface area contributed by atoms with E-state index in [4.69, 9.17) is 4.74 Å².